The lowest BCUT2D eigenvalue weighted by Gasteiger charge is -2.23. The topological polar surface area (TPSA) is 56.7 Å². The third kappa shape index (κ3) is 3.40. The second kappa shape index (κ2) is 8.85. The molecule has 196 valence electrons. The fourth-order valence-corrected chi connectivity index (χ4v) is 6.11. The van der Waals surface area contributed by atoms with E-state index in [1.54, 1.807) is 0 Å². The van der Waals surface area contributed by atoms with Crippen LogP contribution in [0.5, 0.6) is 0 Å². The number of para-hydroxylation sites is 2. The maximum atomic E-state index is 6.39. The van der Waals surface area contributed by atoms with Gasteiger partial charge in [0.05, 0.1) is 16.7 Å². The maximum Gasteiger partial charge on any atom is 0.164 e. The summed E-state index contributed by atoms with van der Waals surface area (Å²) in [5, 5.41) is 4.65. The minimum Gasteiger partial charge on any atom is -0.453 e. The Bertz CT molecular complexity index is 2350. The molecule has 0 spiro atoms. The molecule has 0 fully saturated rings. The van der Waals surface area contributed by atoms with Gasteiger partial charge in [0.25, 0.3) is 0 Å². The molecule has 42 heavy (non-hydrogen) atoms. The van der Waals surface area contributed by atoms with Crippen LogP contribution in [0.2, 0.25) is 0 Å². The quantitative estimate of drug-likeness (QED) is 0.166. The van der Waals surface area contributed by atoms with Gasteiger partial charge in [-0.2, -0.15) is 0 Å². The van der Waals surface area contributed by atoms with Crippen molar-refractivity contribution in [1.29, 1.82) is 0 Å². The summed E-state index contributed by atoms with van der Waals surface area (Å²) in [7, 11) is 0. The molecule has 0 aliphatic carbocycles. The van der Waals surface area contributed by atoms with Gasteiger partial charge in [-0.25, -0.2) is 15.0 Å². The van der Waals surface area contributed by atoms with Gasteiger partial charge in [-0.1, -0.05) is 97.1 Å². The zero-order chi connectivity index (χ0) is 27.6. The maximum absolute atomic E-state index is 6.39. The number of nitrogens with zero attached hydrogens (tertiary/aromatic N) is 4. The smallest absolute Gasteiger partial charge is 0.164 e. The molecule has 1 aromatic heterocycles. The van der Waals surface area contributed by atoms with E-state index in [2.05, 4.69) is 65.2 Å². The average molecular weight is 539 g/mol. The van der Waals surface area contributed by atoms with Gasteiger partial charge in [-0.05, 0) is 47.2 Å². The molecule has 0 bridgehead atoms. The molecule has 9 rings (SSSR count). The molecule has 5 nitrogen and oxygen atoms in total. The zero-order valence-corrected chi connectivity index (χ0v) is 22.4. The van der Waals surface area contributed by atoms with Gasteiger partial charge in [0.2, 0.25) is 0 Å². The van der Waals surface area contributed by atoms with Gasteiger partial charge in [0.15, 0.2) is 28.6 Å². The van der Waals surface area contributed by atoms with Crippen LogP contribution in [-0.4, -0.2) is 19.5 Å². The lowest BCUT2D eigenvalue weighted by atomic mass is 9.96. The number of hydrogen-bond donors (Lipinski definition) is 0. The Morgan fingerprint density at radius 2 is 1.12 bits per heavy atom. The Kier molecular flexibility index (Phi) is 4.83. The highest BCUT2D eigenvalue weighted by Crippen LogP contribution is 2.42. The van der Waals surface area contributed by atoms with Crippen LogP contribution in [0.3, 0.4) is 0 Å². The van der Waals surface area contributed by atoms with Crippen LogP contribution in [0.25, 0.3) is 83.6 Å². The predicted molar refractivity (Wildman–Crippen MR) is 169 cm³/mol. The molecule has 7 aromatic rings. The minimum absolute atomic E-state index is 0.639. The Morgan fingerprint density at radius 1 is 0.452 bits per heavy atom. The van der Waals surface area contributed by atoms with Crippen LogP contribution in [0.1, 0.15) is 0 Å². The normalized spacial score (nSPS) is 11.8. The first-order valence-corrected chi connectivity index (χ1v) is 14.0. The van der Waals surface area contributed by atoms with Crippen LogP contribution >= 0.6 is 0 Å². The fourth-order valence-electron chi connectivity index (χ4n) is 6.11. The van der Waals surface area contributed by atoms with Crippen molar-refractivity contribution in [2.45, 2.75) is 0 Å². The van der Waals surface area contributed by atoms with Gasteiger partial charge in [0, 0.05) is 27.5 Å². The Balaban J connectivity index is 1.37. The number of pyridine rings is 1. The highest BCUT2D eigenvalue weighted by molar-refractivity contribution is 6.20. The molecule has 0 atom stereocenters. The molecular weight excluding hydrogens is 516 g/mol. The number of hydrogen-bond acceptors (Lipinski definition) is 4. The monoisotopic (exact) mass is 538 g/mol. The van der Waals surface area contributed by atoms with E-state index in [1.165, 1.54) is 16.2 Å². The molecular formula is C37H22N4O. The van der Waals surface area contributed by atoms with Gasteiger partial charge in [-0.15, -0.1) is 0 Å². The van der Waals surface area contributed by atoms with E-state index in [4.69, 9.17) is 19.4 Å². The fraction of sp³-hybridized carbons (Fsp3) is 0. The summed E-state index contributed by atoms with van der Waals surface area (Å²) in [6.45, 7) is 0. The van der Waals surface area contributed by atoms with Gasteiger partial charge in [-0.3, -0.25) is 0 Å². The van der Waals surface area contributed by atoms with E-state index >= 15 is 0 Å². The average Bonchev–Trinajstić information content (AvgIpc) is 3.07. The van der Waals surface area contributed by atoms with Crippen LogP contribution < -0.4 is 0 Å². The van der Waals surface area contributed by atoms with Crippen LogP contribution in [0, 0.1) is 0 Å². The van der Waals surface area contributed by atoms with Crippen LogP contribution in [0.15, 0.2) is 138 Å². The third-order valence-electron chi connectivity index (χ3n) is 8.02. The third-order valence-corrected chi connectivity index (χ3v) is 8.02. The summed E-state index contributed by atoms with van der Waals surface area (Å²) >= 11 is 0. The van der Waals surface area contributed by atoms with Crippen LogP contribution in [-0.2, 0) is 0 Å². The van der Waals surface area contributed by atoms with Crippen molar-refractivity contribution in [2.75, 3.05) is 0 Å². The summed E-state index contributed by atoms with van der Waals surface area (Å²) in [6.07, 6.45) is 0. The summed E-state index contributed by atoms with van der Waals surface area (Å²) in [6, 6.07) is 45.6. The van der Waals surface area contributed by atoms with Crippen molar-refractivity contribution in [1.82, 2.24) is 19.5 Å². The Morgan fingerprint density at radius 3 is 1.86 bits per heavy atom. The molecule has 0 N–H and O–H groups in total. The highest BCUT2D eigenvalue weighted by atomic mass is 16.3. The van der Waals surface area contributed by atoms with Gasteiger partial charge < -0.3 is 8.98 Å². The van der Waals surface area contributed by atoms with Crippen molar-refractivity contribution in [2.24, 2.45) is 0 Å². The van der Waals surface area contributed by atoms with Crippen molar-refractivity contribution in [3.63, 3.8) is 0 Å². The highest BCUT2D eigenvalue weighted by Gasteiger charge is 2.22. The van der Waals surface area contributed by atoms with E-state index in [9.17, 15) is 0 Å². The standard InChI is InChI=1S/C37H22N4O/c1-3-10-24(11-4-1)35-38-36(25-12-5-2-6-13-25)40-37(39-35)26-18-20-29-28(22-26)27-15-9-14-23-19-21-32-34(33(23)27)41(29)30-16-7-8-17-31(30)42-32/h1-22H. The van der Waals surface area contributed by atoms with Crippen molar-refractivity contribution in [3.8, 4) is 39.9 Å². The first kappa shape index (κ1) is 22.9. The SMILES string of the molecule is c1ccc(-c2nc(-c3ccccc3)nc(-c3ccc4c(c3)c3cccc5ccc6oc7ccccc7n4-c6c53)n2)cc1. The summed E-state index contributed by atoms with van der Waals surface area (Å²) in [5.74, 6) is 1.94. The first-order chi connectivity index (χ1) is 20.8. The molecule has 0 saturated carbocycles. The lowest BCUT2D eigenvalue weighted by molar-refractivity contribution is 0.648. The largest absolute Gasteiger partial charge is 0.453 e. The Hall–Kier alpha value is -5.81. The van der Waals surface area contributed by atoms with E-state index in [-0.39, 0.29) is 0 Å². The predicted octanol–water partition coefficient (Wildman–Crippen LogP) is 9.31. The van der Waals surface area contributed by atoms with E-state index < -0.39 is 0 Å². The summed E-state index contributed by atoms with van der Waals surface area (Å²) < 4.78 is 8.73. The van der Waals surface area contributed by atoms with E-state index in [0.29, 0.717) is 17.5 Å². The molecule has 2 aliphatic heterocycles. The molecule has 6 aromatic carbocycles. The molecule has 0 radical (unpaired) electrons. The molecule has 0 unspecified atom stereocenters. The zero-order valence-electron chi connectivity index (χ0n) is 22.4. The number of fused-ring (bicyclic) bond motifs is 5. The van der Waals surface area contributed by atoms with E-state index in [1.807, 2.05) is 72.8 Å². The molecule has 2 aliphatic rings. The second-order valence-electron chi connectivity index (χ2n) is 10.5. The van der Waals surface area contributed by atoms with Crippen molar-refractivity contribution >= 4 is 43.7 Å². The number of benzene rings is 6. The molecule has 0 saturated heterocycles. The second-order valence-corrected chi connectivity index (χ2v) is 10.5. The van der Waals surface area contributed by atoms with Gasteiger partial charge >= 0.3 is 0 Å². The van der Waals surface area contributed by atoms with E-state index in [0.717, 1.165) is 50.0 Å². The molecule has 5 heteroatoms. The molecule has 0 amide bonds. The first-order valence-electron chi connectivity index (χ1n) is 14.0. The van der Waals surface area contributed by atoms with Gasteiger partial charge in [0.1, 0.15) is 0 Å². The van der Waals surface area contributed by atoms with Crippen molar-refractivity contribution in [3.05, 3.63) is 133 Å². The van der Waals surface area contributed by atoms with Crippen molar-refractivity contribution < 1.29 is 4.42 Å². The summed E-state index contributed by atoms with van der Waals surface area (Å²) in [5.41, 5.74) is 7.75. The lowest BCUT2D eigenvalue weighted by Crippen LogP contribution is -2.05. The summed E-state index contributed by atoms with van der Waals surface area (Å²) in [4.78, 5) is 14.8. The van der Waals surface area contributed by atoms with Crippen LogP contribution in [0.4, 0.5) is 0 Å². The molecule has 3 heterocycles. The number of aromatic nitrogens is 4. The Labute approximate surface area is 240 Å². The number of rotatable bonds is 3. The minimum atomic E-state index is 0.639.